The molecule has 4 rings (SSSR count). The topological polar surface area (TPSA) is 38.9 Å². The highest BCUT2D eigenvalue weighted by atomic mass is 28.3. The summed E-state index contributed by atoms with van der Waals surface area (Å²) in [6.07, 6.45) is 2.04. The minimum atomic E-state index is -1.32. The molecule has 0 saturated carbocycles. The number of benzene rings is 1. The minimum Gasteiger partial charge on any atom is -0.456 e. The van der Waals surface area contributed by atoms with Crippen LogP contribution in [0.5, 0.6) is 0 Å². The van der Waals surface area contributed by atoms with Gasteiger partial charge in [-0.25, -0.2) is 0 Å². The Hall–Kier alpha value is -2.46. The number of fused-ring (bicyclic) bond motifs is 3. The van der Waals surface area contributed by atoms with Crippen molar-refractivity contribution in [2.75, 3.05) is 0 Å². The van der Waals surface area contributed by atoms with Gasteiger partial charge in [0.1, 0.15) is 11.2 Å². The predicted molar refractivity (Wildman–Crippen MR) is 107 cm³/mol. The van der Waals surface area contributed by atoms with Crippen LogP contribution >= 0.6 is 0 Å². The number of hydrogen-bond acceptors (Lipinski definition) is 3. The van der Waals surface area contributed by atoms with Gasteiger partial charge in [-0.2, -0.15) is 0 Å². The maximum absolute atomic E-state index is 6.01. The molecule has 0 radical (unpaired) electrons. The third kappa shape index (κ3) is 2.76. The van der Waals surface area contributed by atoms with Gasteiger partial charge in [-0.15, -0.1) is 0 Å². The van der Waals surface area contributed by atoms with Crippen LogP contribution in [0.1, 0.15) is 11.4 Å². The zero-order valence-corrected chi connectivity index (χ0v) is 16.3. The van der Waals surface area contributed by atoms with E-state index in [4.69, 9.17) is 9.40 Å². The summed E-state index contributed by atoms with van der Waals surface area (Å²) in [6, 6.07) is 12.6. The lowest BCUT2D eigenvalue weighted by molar-refractivity contribution is 0.667. The van der Waals surface area contributed by atoms with E-state index in [0.29, 0.717) is 0 Å². The van der Waals surface area contributed by atoms with Gasteiger partial charge in [0, 0.05) is 40.0 Å². The van der Waals surface area contributed by atoms with Crippen LogP contribution in [0.25, 0.3) is 33.2 Å². The first-order valence-corrected chi connectivity index (χ1v) is 12.1. The van der Waals surface area contributed by atoms with E-state index in [1.807, 2.05) is 32.2 Å². The average Bonchev–Trinajstić information content (AvgIpc) is 2.91. The van der Waals surface area contributed by atoms with Crippen LogP contribution in [0.3, 0.4) is 0 Å². The number of hydrogen-bond donors (Lipinski definition) is 0. The molecule has 0 fully saturated rings. The third-order valence-electron chi connectivity index (χ3n) is 4.69. The first-order chi connectivity index (χ1) is 11.8. The number of rotatable bonds is 2. The second kappa shape index (κ2) is 5.53. The molecule has 0 saturated heterocycles. The van der Waals surface area contributed by atoms with Crippen LogP contribution in [0.4, 0.5) is 0 Å². The van der Waals surface area contributed by atoms with E-state index in [1.54, 1.807) is 0 Å². The van der Waals surface area contributed by atoms with Crippen LogP contribution in [-0.4, -0.2) is 18.0 Å². The van der Waals surface area contributed by atoms with Gasteiger partial charge in [-0.1, -0.05) is 25.7 Å². The molecule has 0 spiro atoms. The van der Waals surface area contributed by atoms with Crippen molar-refractivity contribution in [1.82, 2.24) is 9.97 Å². The van der Waals surface area contributed by atoms with E-state index in [1.165, 1.54) is 5.19 Å². The normalized spacial score (nSPS) is 12.2. The molecule has 0 aliphatic heterocycles. The highest BCUT2D eigenvalue weighted by molar-refractivity contribution is 6.88. The Kier molecular flexibility index (Phi) is 3.54. The third-order valence-corrected chi connectivity index (χ3v) is 6.71. The molecule has 0 N–H and O–H groups in total. The van der Waals surface area contributed by atoms with E-state index in [2.05, 4.69) is 48.9 Å². The molecule has 1 aromatic carbocycles. The molecule has 4 heteroatoms. The van der Waals surface area contributed by atoms with Crippen LogP contribution in [0, 0.1) is 13.8 Å². The molecule has 0 atom stereocenters. The van der Waals surface area contributed by atoms with E-state index in [9.17, 15) is 0 Å². The number of aromatic nitrogens is 2. The lowest BCUT2D eigenvalue weighted by Gasteiger charge is -2.16. The molecule has 0 aliphatic rings. The number of pyridine rings is 2. The largest absolute Gasteiger partial charge is 0.456 e. The molecule has 0 aliphatic carbocycles. The summed E-state index contributed by atoms with van der Waals surface area (Å²) in [4.78, 5) is 9.31. The second-order valence-corrected chi connectivity index (χ2v) is 12.8. The van der Waals surface area contributed by atoms with Gasteiger partial charge in [0.05, 0.1) is 13.8 Å². The quantitative estimate of drug-likeness (QED) is 0.468. The predicted octanol–water partition coefficient (Wildman–Crippen LogP) is 5.21. The van der Waals surface area contributed by atoms with Crippen molar-refractivity contribution in [3.05, 3.63) is 54.0 Å². The summed E-state index contributed by atoms with van der Waals surface area (Å²) >= 11 is 0. The summed E-state index contributed by atoms with van der Waals surface area (Å²) in [7, 11) is -1.32. The molecular formula is C21H22N2OSi. The van der Waals surface area contributed by atoms with Crippen molar-refractivity contribution in [3.63, 3.8) is 0 Å². The number of furan rings is 1. The molecule has 4 aromatic rings. The summed E-state index contributed by atoms with van der Waals surface area (Å²) in [5.41, 5.74) is 5.89. The monoisotopic (exact) mass is 346 g/mol. The van der Waals surface area contributed by atoms with Crippen LogP contribution in [0.2, 0.25) is 19.6 Å². The lowest BCUT2D eigenvalue weighted by atomic mass is 10.1. The Balaban J connectivity index is 1.87. The van der Waals surface area contributed by atoms with Crippen molar-refractivity contribution in [2.24, 2.45) is 0 Å². The van der Waals surface area contributed by atoms with E-state index < -0.39 is 8.07 Å². The fourth-order valence-corrected chi connectivity index (χ4v) is 4.34. The molecule has 126 valence electrons. The maximum Gasteiger partial charge on any atom is 0.139 e. The Morgan fingerprint density at radius 3 is 2.40 bits per heavy atom. The molecule has 25 heavy (non-hydrogen) atoms. The second-order valence-electron chi connectivity index (χ2n) is 7.72. The first-order valence-electron chi connectivity index (χ1n) is 8.60. The van der Waals surface area contributed by atoms with Crippen molar-refractivity contribution < 1.29 is 4.42 Å². The Bertz CT molecular complexity index is 1090. The first kappa shape index (κ1) is 16.0. The van der Waals surface area contributed by atoms with Crippen LogP contribution < -0.4 is 5.19 Å². The van der Waals surface area contributed by atoms with Crippen molar-refractivity contribution in [2.45, 2.75) is 33.5 Å². The summed E-state index contributed by atoms with van der Waals surface area (Å²) in [5, 5.41) is 3.58. The fourth-order valence-electron chi connectivity index (χ4n) is 3.30. The smallest absolute Gasteiger partial charge is 0.139 e. The molecule has 3 aromatic heterocycles. The standard InChI is InChI=1S/C21H22N2OSi/c1-13-10-20-21(14(2)23-13)17-11-15(6-9-19(17)24-20)18-8-7-16(12-22-18)25(3,4)5/h6-12H,1-5H3. The number of nitrogens with zero attached hydrogens (tertiary/aromatic N) is 2. The molecule has 0 amide bonds. The Labute approximate surface area is 148 Å². The van der Waals surface area contributed by atoms with E-state index in [0.717, 1.165) is 44.6 Å². The van der Waals surface area contributed by atoms with Crippen LogP contribution in [0.15, 0.2) is 47.0 Å². The van der Waals surface area contributed by atoms with Gasteiger partial charge in [0.15, 0.2) is 0 Å². The van der Waals surface area contributed by atoms with Crippen LogP contribution in [-0.2, 0) is 0 Å². The molecule has 3 heterocycles. The van der Waals surface area contributed by atoms with Gasteiger partial charge in [-0.05, 0) is 43.3 Å². The highest BCUT2D eigenvalue weighted by Crippen LogP contribution is 2.33. The Morgan fingerprint density at radius 1 is 0.920 bits per heavy atom. The Morgan fingerprint density at radius 2 is 1.72 bits per heavy atom. The van der Waals surface area contributed by atoms with E-state index >= 15 is 0 Å². The summed E-state index contributed by atoms with van der Waals surface area (Å²) < 4.78 is 6.01. The lowest BCUT2D eigenvalue weighted by Crippen LogP contribution is -2.37. The SMILES string of the molecule is Cc1cc2oc3ccc(-c4ccc([Si](C)(C)C)cn4)cc3c2c(C)n1. The summed E-state index contributed by atoms with van der Waals surface area (Å²) in [6.45, 7) is 11.0. The molecule has 3 nitrogen and oxygen atoms in total. The van der Waals surface area contributed by atoms with Crippen molar-refractivity contribution in [1.29, 1.82) is 0 Å². The molecular weight excluding hydrogens is 324 g/mol. The number of aryl methyl sites for hydroxylation is 2. The average molecular weight is 347 g/mol. The molecule has 0 bridgehead atoms. The van der Waals surface area contributed by atoms with Gasteiger partial charge in [-0.3, -0.25) is 9.97 Å². The zero-order chi connectivity index (χ0) is 17.8. The van der Waals surface area contributed by atoms with E-state index in [-0.39, 0.29) is 0 Å². The maximum atomic E-state index is 6.01. The zero-order valence-electron chi connectivity index (χ0n) is 15.3. The summed E-state index contributed by atoms with van der Waals surface area (Å²) in [5.74, 6) is 0. The molecule has 0 unspecified atom stereocenters. The van der Waals surface area contributed by atoms with Gasteiger partial charge < -0.3 is 4.42 Å². The highest BCUT2D eigenvalue weighted by Gasteiger charge is 2.17. The van der Waals surface area contributed by atoms with Gasteiger partial charge >= 0.3 is 0 Å². The van der Waals surface area contributed by atoms with Crippen molar-refractivity contribution >= 4 is 35.2 Å². The van der Waals surface area contributed by atoms with Gasteiger partial charge in [0.2, 0.25) is 0 Å². The minimum absolute atomic E-state index is 0.896. The van der Waals surface area contributed by atoms with Crippen molar-refractivity contribution in [3.8, 4) is 11.3 Å². The fraction of sp³-hybridized carbons (Fsp3) is 0.238. The van der Waals surface area contributed by atoms with Gasteiger partial charge in [0.25, 0.3) is 0 Å².